The Morgan fingerprint density at radius 1 is 1.03 bits per heavy atom. The summed E-state index contributed by atoms with van der Waals surface area (Å²) < 4.78 is 0. The molecule has 1 saturated carbocycles. The van der Waals surface area contributed by atoms with Crippen LogP contribution in [0.4, 0.5) is 22.2 Å². The molecule has 0 atom stereocenters. The Morgan fingerprint density at radius 3 is 2.42 bits per heavy atom. The molecule has 1 aromatic heterocycles. The predicted molar refractivity (Wildman–Crippen MR) is 136 cm³/mol. The second kappa shape index (κ2) is 10.8. The number of amides is 2. The van der Waals surface area contributed by atoms with Crippen molar-refractivity contribution in [1.29, 1.82) is 0 Å². The van der Waals surface area contributed by atoms with Crippen LogP contribution in [0.5, 0.6) is 0 Å². The number of anilines is 3. The number of urea groups is 1. The van der Waals surface area contributed by atoms with Crippen LogP contribution in [0.2, 0.25) is 10.0 Å². The molecule has 0 saturated heterocycles. The van der Waals surface area contributed by atoms with Gasteiger partial charge in [-0.15, -0.1) is 0 Å². The molecule has 2 aliphatic carbocycles. The minimum atomic E-state index is -0.243. The second-order valence-corrected chi connectivity index (χ2v) is 10.1. The van der Waals surface area contributed by atoms with Crippen LogP contribution in [0.3, 0.4) is 0 Å². The molecule has 3 N–H and O–H groups in total. The van der Waals surface area contributed by atoms with E-state index < -0.39 is 0 Å². The lowest BCUT2D eigenvalue weighted by Crippen LogP contribution is -2.36. The third kappa shape index (κ3) is 6.42. The number of aromatic nitrogens is 2. The number of hydrogen-bond donors (Lipinski definition) is 3. The molecule has 4 rings (SSSR count). The lowest BCUT2D eigenvalue weighted by Gasteiger charge is -2.30. The fraction of sp³-hybridized carbons (Fsp3) is 0.542. The van der Waals surface area contributed by atoms with Gasteiger partial charge in [0.2, 0.25) is 5.95 Å². The second-order valence-electron chi connectivity index (χ2n) is 9.25. The Labute approximate surface area is 205 Å². The summed E-state index contributed by atoms with van der Waals surface area (Å²) in [5.74, 6) is 2.26. The average Bonchev–Trinajstić information content (AvgIpc) is 2.77. The van der Waals surface area contributed by atoms with Gasteiger partial charge in [-0.25, -0.2) is 9.78 Å². The molecule has 178 valence electrons. The normalized spacial score (nSPS) is 20.0. The van der Waals surface area contributed by atoms with E-state index in [1.165, 1.54) is 24.1 Å². The fourth-order valence-electron chi connectivity index (χ4n) is 4.74. The van der Waals surface area contributed by atoms with Crippen molar-refractivity contribution in [3.05, 3.63) is 39.5 Å². The van der Waals surface area contributed by atoms with Crippen molar-refractivity contribution in [2.24, 2.45) is 5.92 Å². The van der Waals surface area contributed by atoms with Crippen LogP contribution in [-0.4, -0.2) is 42.7 Å². The van der Waals surface area contributed by atoms with Gasteiger partial charge >= 0.3 is 6.03 Å². The Morgan fingerprint density at radius 2 is 1.73 bits per heavy atom. The standard InChI is InChI=1S/C24H32Cl2N6O/c1-32(2)22-20-5-3-4-6-21(20)30-23(31-22)28-18-9-7-15(8-10-18)14-27-24(33)29-19-12-16(25)11-17(26)13-19/h11-13,15,18H,3-10,14H2,1-2H3,(H2,27,29,33)(H,28,30,31)/t15-,18+. The number of nitrogens with one attached hydrogen (secondary N) is 3. The van der Waals surface area contributed by atoms with Crippen molar-refractivity contribution in [3.63, 3.8) is 0 Å². The zero-order valence-corrected chi connectivity index (χ0v) is 20.8. The monoisotopic (exact) mass is 490 g/mol. The molecule has 0 radical (unpaired) electrons. The summed E-state index contributed by atoms with van der Waals surface area (Å²) in [6, 6.07) is 5.10. The Balaban J connectivity index is 1.25. The van der Waals surface area contributed by atoms with Gasteiger partial charge in [0.25, 0.3) is 0 Å². The molecule has 2 aromatic rings. The molecule has 2 amide bonds. The van der Waals surface area contributed by atoms with Crippen molar-refractivity contribution in [2.75, 3.05) is 36.2 Å². The van der Waals surface area contributed by atoms with Crippen molar-refractivity contribution in [3.8, 4) is 0 Å². The number of carbonyl (C=O) groups excluding carboxylic acids is 1. The molecule has 9 heteroatoms. The third-order valence-corrected chi connectivity index (χ3v) is 6.87. The van der Waals surface area contributed by atoms with Crippen LogP contribution in [0, 0.1) is 5.92 Å². The van der Waals surface area contributed by atoms with E-state index in [1.54, 1.807) is 18.2 Å². The van der Waals surface area contributed by atoms with Crippen LogP contribution >= 0.6 is 23.2 Å². The van der Waals surface area contributed by atoms with Gasteiger partial charge in [-0.05, 0) is 75.5 Å². The van der Waals surface area contributed by atoms with Gasteiger partial charge in [-0.2, -0.15) is 4.98 Å². The smallest absolute Gasteiger partial charge is 0.319 e. The minimum absolute atomic E-state index is 0.243. The summed E-state index contributed by atoms with van der Waals surface area (Å²) in [5, 5.41) is 10.3. The maximum Gasteiger partial charge on any atom is 0.319 e. The number of nitrogens with zero attached hydrogens (tertiary/aromatic N) is 3. The van der Waals surface area contributed by atoms with E-state index >= 15 is 0 Å². The van der Waals surface area contributed by atoms with Gasteiger partial charge in [0.1, 0.15) is 5.82 Å². The number of hydrogen-bond acceptors (Lipinski definition) is 5. The third-order valence-electron chi connectivity index (χ3n) is 6.44. The molecule has 0 bridgehead atoms. The molecule has 0 unspecified atom stereocenters. The topological polar surface area (TPSA) is 82.2 Å². The molecule has 1 heterocycles. The van der Waals surface area contributed by atoms with Gasteiger partial charge in [0, 0.05) is 48.0 Å². The fourth-order valence-corrected chi connectivity index (χ4v) is 5.27. The molecule has 7 nitrogen and oxygen atoms in total. The van der Waals surface area contributed by atoms with E-state index in [-0.39, 0.29) is 6.03 Å². The molecule has 2 aliphatic rings. The van der Waals surface area contributed by atoms with Crippen molar-refractivity contribution in [1.82, 2.24) is 15.3 Å². The molecule has 0 spiro atoms. The molecular formula is C24H32Cl2N6O. The molecule has 33 heavy (non-hydrogen) atoms. The number of carbonyl (C=O) groups is 1. The zero-order chi connectivity index (χ0) is 23.4. The Kier molecular flexibility index (Phi) is 7.81. The van der Waals surface area contributed by atoms with Crippen molar-refractivity contribution in [2.45, 2.75) is 57.4 Å². The van der Waals surface area contributed by atoms with Crippen LogP contribution < -0.4 is 20.9 Å². The Hall–Kier alpha value is -2.25. The molecule has 1 fully saturated rings. The first-order valence-corrected chi connectivity index (χ1v) is 12.5. The lowest BCUT2D eigenvalue weighted by molar-refractivity contribution is 0.246. The van der Waals surface area contributed by atoms with Gasteiger partial charge in [0.15, 0.2) is 0 Å². The number of benzene rings is 1. The highest BCUT2D eigenvalue weighted by Crippen LogP contribution is 2.30. The average molecular weight is 491 g/mol. The summed E-state index contributed by atoms with van der Waals surface area (Å²) in [5.41, 5.74) is 3.09. The SMILES string of the molecule is CN(C)c1nc(N[C@H]2CC[C@@H](CNC(=O)Nc3cc(Cl)cc(Cl)c3)CC2)nc2c1CCCC2. The molecular weight excluding hydrogens is 459 g/mol. The highest BCUT2D eigenvalue weighted by molar-refractivity contribution is 6.35. The first-order valence-electron chi connectivity index (χ1n) is 11.7. The first-order chi connectivity index (χ1) is 15.9. The summed E-state index contributed by atoms with van der Waals surface area (Å²) in [4.78, 5) is 24.0. The maximum absolute atomic E-state index is 12.2. The lowest BCUT2D eigenvalue weighted by atomic mass is 9.86. The van der Waals surface area contributed by atoms with Crippen LogP contribution in [-0.2, 0) is 12.8 Å². The van der Waals surface area contributed by atoms with Gasteiger partial charge in [0.05, 0.1) is 5.69 Å². The van der Waals surface area contributed by atoms with Crippen LogP contribution in [0.1, 0.15) is 49.8 Å². The minimum Gasteiger partial charge on any atom is -0.362 e. The quantitative estimate of drug-likeness (QED) is 0.496. The highest BCUT2D eigenvalue weighted by Gasteiger charge is 2.24. The maximum atomic E-state index is 12.2. The van der Waals surface area contributed by atoms with Crippen molar-refractivity contribution >= 4 is 46.7 Å². The van der Waals surface area contributed by atoms with Gasteiger partial charge < -0.3 is 20.9 Å². The highest BCUT2D eigenvalue weighted by atomic mass is 35.5. The van der Waals surface area contributed by atoms with Crippen LogP contribution in [0.15, 0.2) is 18.2 Å². The molecule has 0 aliphatic heterocycles. The summed E-state index contributed by atoms with van der Waals surface area (Å²) >= 11 is 12.0. The summed E-state index contributed by atoms with van der Waals surface area (Å²) in [6.45, 7) is 0.646. The van der Waals surface area contributed by atoms with E-state index in [0.717, 1.165) is 50.3 Å². The van der Waals surface area contributed by atoms with Crippen LogP contribution in [0.25, 0.3) is 0 Å². The molecule has 1 aromatic carbocycles. The zero-order valence-electron chi connectivity index (χ0n) is 19.3. The van der Waals surface area contributed by atoms with Gasteiger partial charge in [-0.3, -0.25) is 0 Å². The largest absolute Gasteiger partial charge is 0.362 e. The van der Waals surface area contributed by atoms with Gasteiger partial charge in [-0.1, -0.05) is 23.2 Å². The number of aryl methyl sites for hydroxylation is 1. The van der Waals surface area contributed by atoms with E-state index in [9.17, 15) is 4.79 Å². The summed E-state index contributed by atoms with van der Waals surface area (Å²) in [6.07, 6.45) is 8.69. The number of halogens is 2. The van der Waals surface area contributed by atoms with E-state index in [0.29, 0.717) is 34.2 Å². The predicted octanol–water partition coefficient (Wildman–Crippen LogP) is 5.52. The van der Waals surface area contributed by atoms with Crippen molar-refractivity contribution < 1.29 is 4.79 Å². The van der Waals surface area contributed by atoms with E-state index in [2.05, 4.69) is 34.9 Å². The first kappa shape index (κ1) is 23.9. The number of rotatable bonds is 6. The number of fused-ring (bicyclic) bond motifs is 1. The van der Waals surface area contributed by atoms with E-state index in [4.69, 9.17) is 33.2 Å². The van der Waals surface area contributed by atoms with E-state index in [1.807, 2.05) is 0 Å². The Bertz CT molecular complexity index is 971. The summed E-state index contributed by atoms with van der Waals surface area (Å²) in [7, 11) is 4.10.